The Morgan fingerprint density at radius 1 is 1.22 bits per heavy atom. The maximum absolute atomic E-state index is 13.1. The van der Waals surface area contributed by atoms with Gasteiger partial charge in [0.1, 0.15) is 11.9 Å². The Hall–Kier alpha value is -3.07. The third-order valence-electron chi connectivity index (χ3n) is 4.97. The van der Waals surface area contributed by atoms with Crippen LogP contribution < -0.4 is 10.9 Å². The van der Waals surface area contributed by atoms with Crippen molar-refractivity contribution in [1.82, 2.24) is 14.9 Å². The number of aromatic amines is 1. The molecule has 0 aliphatic rings. The highest BCUT2D eigenvalue weighted by molar-refractivity contribution is 6.33. The molecule has 1 heterocycles. The van der Waals surface area contributed by atoms with Crippen molar-refractivity contribution >= 4 is 34.1 Å². The summed E-state index contributed by atoms with van der Waals surface area (Å²) in [7, 11) is 1.56. The van der Waals surface area contributed by atoms with Crippen LogP contribution in [0.4, 0.5) is 18.9 Å². The molecule has 3 rings (SSSR count). The summed E-state index contributed by atoms with van der Waals surface area (Å²) in [5.74, 6) is -0.210. The maximum atomic E-state index is 13.1. The topological polar surface area (TPSA) is 78.1 Å². The van der Waals surface area contributed by atoms with Gasteiger partial charge in [0.05, 0.1) is 33.7 Å². The van der Waals surface area contributed by atoms with Crippen LogP contribution in [0.25, 0.3) is 10.9 Å². The summed E-state index contributed by atoms with van der Waals surface area (Å²) in [6.45, 7) is 3.65. The van der Waals surface area contributed by atoms with Gasteiger partial charge in [-0.1, -0.05) is 37.6 Å². The van der Waals surface area contributed by atoms with E-state index in [-0.39, 0.29) is 34.6 Å². The number of para-hydroxylation sites is 1. The third kappa shape index (κ3) is 5.21. The number of nitrogens with zero attached hydrogens (tertiary/aromatic N) is 2. The average molecular weight is 467 g/mol. The number of likely N-dealkylation sites (N-methyl/N-ethyl adjacent to an activating group) is 1. The first kappa shape index (κ1) is 23.6. The Balaban J connectivity index is 1.80. The van der Waals surface area contributed by atoms with Crippen molar-refractivity contribution in [3.8, 4) is 0 Å². The smallest absolute Gasteiger partial charge is 0.372 e. The summed E-state index contributed by atoms with van der Waals surface area (Å²) in [6.07, 6.45) is -4.51. The minimum Gasteiger partial charge on any atom is -0.372 e. The number of hydrogen-bond donors (Lipinski definition) is 2. The number of anilines is 1. The number of rotatable bonds is 6. The fourth-order valence-electron chi connectivity index (χ4n) is 3.24. The molecule has 0 saturated carbocycles. The first-order valence-corrected chi connectivity index (χ1v) is 10.2. The van der Waals surface area contributed by atoms with Crippen molar-refractivity contribution in [1.29, 1.82) is 0 Å². The second kappa shape index (κ2) is 9.20. The second-order valence-corrected chi connectivity index (χ2v) is 8.19. The van der Waals surface area contributed by atoms with Crippen molar-refractivity contribution in [2.75, 3.05) is 12.4 Å². The molecule has 0 unspecified atom stereocenters. The molecule has 2 aromatic carbocycles. The summed E-state index contributed by atoms with van der Waals surface area (Å²) < 4.78 is 38.7. The SMILES string of the molecule is CC(C)[C@H](Nc1ccc(C(F)(F)F)cc1Cl)C(=O)N(C)Cc1nc2ccccc2c(=O)[nH]1. The molecule has 0 fully saturated rings. The first-order valence-electron chi connectivity index (χ1n) is 9.83. The van der Waals surface area contributed by atoms with Crippen LogP contribution >= 0.6 is 11.6 Å². The molecule has 0 radical (unpaired) electrons. The van der Waals surface area contributed by atoms with Gasteiger partial charge in [-0.05, 0) is 36.2 Å². The van der Waals surface area contributed by atoms with Crippen LogP contribution in [-0.4, -0.2) is 33.9 Å². The van der Waals surface area contributed by atoms with Crippen molar-refractivity contribution in [3.63, 3.8) is 0 Å². The molecule has 2 N–H and O–H groups in total. The number of aromatic nitrogens is 2. The summed E-state index contributed by atoms with van der Waals surface area (Å²) in [4.78, 5) is 33.8. The van der Waals surface area contributed by atoms with Gasteiger partial charge in [0.25, 0.3) is 5.56 Å². The van der Waals surface area contributed by atoms with E-state index >= 15 is 0 Å². The molecule has 1 atom stereocenters. The van der Waals surface area contributed by atoms with Crippen LogP contribution in [0.15, 0.2) is 47.3 Å². The molecular formula is C22H22ClF3N4O2. The van der Waals surface area contributed by atoms with E-state index in [4.69, 9.17) is 11.6 Å². The van der Waals surface area contributed by atoms with Gasteiger partial charge in [-0.15, -0.1) is 0 Å². The number of carbonyl (C=O) groups excluding carboxylic acids is 1. The number of carbonyl (C=O) groups is 1. The van der Waals surface area contributed by atoms with E-state index < -0.39 is 17.8 Å². The maximum Gasteiger partial charge on any atom is 0.416 e. The highest BCUT2D eigenvalue weighted by atomic mass is 35.5. The molecular weight excluding hydrogens is 445 g/mol. The number of H-pyrrole nitrogens is 1. The van der Waals surface area contributed by atoms with Crippen LogP contribution in [0, 0.1) is 5.92 Å². The lowest BCUT2D eigenvalue weighted by Gasteiger charge is -2.28. The number of nitrogens with one attached hydrogen (secondary N) is 2. The molecule has 0 bridgehead atoms. The monoisotopic (exact) mass is 466 g/mol. The van der Waals surface area contributed by atoms with Crippen LogP contribution in [0.2, 0.25) is 5.02 Å². The largest absolute Gasteiger partial charge is 0.416 e. The van der Waals surface area contributed by atoms with Crippen molar-refractivity contribution in [2.24, 2.45) is 5.92 Å². The number of alkyl halides is 3. The van der Waals surface area contributed by atoms with Crippen molar-refractivity contribution in [3.05, 3.63) is 69.2 Å². The molecule has 0 saturated heterocycles. The quantitative estimate of drug-likeness (QED) is 0.552. The lowest BCUT2D eigenvalue weighted by atomic mass is 10.0. The minimum absolute atomic E-state index is 0.0462. The van der Waals surface area contributed by atoms with Gasteiger partial charge < -0.3 is 15.2 Å². The predicted octanol–water partition coefficient (Wildman–Crippen LogP) is 4.69. The minimum atomic E-state index is -4.51. The van der Waals surface area contributed by atoms with Crippen molar-refractivity contribution in [2.45, 2.75) is 32.6 Å². The number of amides is 1. The van der Waals surface area contributed by atoms with Gasteiger partial charge in [-0.25, -0.2) is 4.98 Å². The van der Waals surface area contributed by atoms with Gasteiger partial charge in [-0.3, -0.25) is 9.59 Å². The number of halogens is 4. The lowest BCUT2D eigenvalue weighted by Crippen LogP contribution is -2.44. The van der Waals surface area contributed by atoms with Gasteiger partial charge in [0.2, 0.25) is 5.91 Å². The van der Waals surface area contributed by atoms with Crippen LogP contribution in [0.1, 0.15) is 25.2 Å². The van der Waals surface area contributed by atoms with Crippen molar-refractivity contribution < 1.29 is 18.0 Å². The standard InChI is InChI=1S/C22H22ClF3N4O2/c1-12(2)19(28-17-9-8-13(10-15(17)23)22(24,25)26)21(32)30(3)11-18-27-16-7-5-4-6-14(16)20(31)29-18/h4-10,12,19,28H,11H2,1-3H3,(H,27,29,31)/t19-/m0/s1. The number of hydrogen-bond acceptors (Lipinski definition) is 4. The molecule has 1 amide bonds. The Labute approximate surface area is 187 Å². The van der Waals surface area contributed by atoms with E-state index in [0.29, 0.717) is 16.7 Å². The van der Waals surface area contributed by atoms with E-state index in [1.54, 1.807) is 45.2 Å². The third-order valence-corrected chi connectivity index (χ3v) is 5.28. The Kier molecular flexibility index (Phi) is 6.78. The summed E-state index contributed by atoms with van der Waals surface area (Å²) in [6, 6.07) is 9.04. The van der Waals surface area contributed by atoms with Gasteiger partial charge >= 0.3 is 6.18 Å². The van der Waals surface area contributed by atoms with Crippen LogP contribution in [0.5, 0.6) is 0 Å². The molecule has 0 aliphatic carbocycles. The van der Waals surface area contributed by atoms with E-state index in [9.17, 15) is 22.8 Å². The zero-order valence-electron chi connectivity index (χ0n) is 17.6. The van der Waals surface area contributed by atoms with E-state index in [2.05, 4.69) is 15.3 Å². The first-order chi connectivity index (χ1) is 15.0. The fourth-order valence-corrected chi connectivity index (χ4v) is 3.47. The molecule has 0 aliphatic heterocycles. The zero-order chi connectivity index (χ0) is 23.6. The fraction of sp³-hybridized carbons (Fsp3) is 0.318. The number of benzene rings is 2. The molecule has 1 aromatic heterocycles. The molecule has 32 heavy (non-hydrogen) atoms. The zero-order valence-corrected chi connectivity index (χ0v) is 18.4. The summed E-state index contributed by atoms with van der Waals surface area (Å²) in [5.41, 5.74) is -0.440. The highest BCUT2D eigenvalue weighted by Crippen LogP contribution is 2.34. The predicted molar refractivity (Wildman–Crippen MR) is 118 cm³/mol. The van der Waals surface area contributed by atoms with Gasteiger partial charge in [0.15, 0.2) is 0 Å². The summed E-state index contributed by atoms with van der Waals surface area (Å²) >= 11 is 6.03. The Morgan fingerprint density at radius 3 is 2.53 bits per heavy atom. The van der Waals surface area contributed by atoms with Crippen LogP contribution in [-0.2, 0) is 17.5 Å². The highest BCUT2D eigenvalue weighted by Gasteiger charge is 2.32. The molecule has 3 aromatic rings. The van der Waals surface area contributed by atoms with E-state index in [0.717, 1.165) is 12.1 Å². The Bertz CT molecular complexity index is 1190. The van der Waals surface area contributed by atoms with Gasteiger partial charge in [0, 0.05) is 7.05 Å². The molecule has 6 nitrogen and oxygen atoms in total. The van der Waals surface area contributed by atoms with E-state index in [1.165, 1.54) is 11.0 Å². The lowest BCUT2D eigenvalue weighted by molar-refractivity contribution is -0.137. The molecule has 0 spiro atoms. The van der Waals surface area contributed by atoms with Crippen LogP contribution in [0.3, 0.4) is 0 Å². The molecule has 170 valence electrons. The second-order valence-electron chi connectivity index (χ2n) is 7.78. The molecule has 10 heteroatoms. The number of fused-ring (bicyclic) bond motifs is 1. The normalized spacial score (nSPS) is 12.8. The van der Waals surface area contributed by atoms with E-state index in [1.807, 2.05) is 0 Å². The summed E-state index contributed by atoms with van der Waals surface area (Å²) in [5, 5.41) is 3.26. The Morgan fingerprint density at radius 2 is 1.91 bits per heavy atom. The average Bonchev–Trinajstić information content (AvgIpc) is 2.71. The van der Waals surface area contributed by atoms with Gasteiger partial charge in [-0.2, -0.15) is 13.2 Å².